The van der Waals surface area contributed by atoms with E-state index in [1.807, 2.05) is 38.1 Å². The number of aryl methyl sites for hydroxylation is 1. The van der Waals surface area contributed by atoms with Crippen LogP contribution in [0.3, 0.4) is 0 Å². The highest BCUT2D eigenvalue weighted by atomic mass is 32.2. The third-order valence-electron chi connectivity index (χ3n) is 5.94. The first-order chi connectivity index (χ1) is 15.7. The molecule has 1 atom stereocenters. The summed E-state index contributed by atoms with van der Waals surface area (Å²) in [5.41, 5.74) is 2.33. The van der Waals surface area contributed by atoms with Crippen molar-refractivity contribution in [2.45, 2.75) is 45.1 Å². The fourth-order valence-electron chi connectivity index (χ4n) is 4.11. The number of anilines is 1. The van der Waals surface area contributed by atoms with Gasteiger partial charge in [-0.05, 0) is 54.7 Å². The molecule has 0 aliphatic carbocycles. The van der Waals surface area contributed by atoms with Crippen LogP contribution in [-0.4, -0.2) is 37.1 Å². The van der Waals surface area contributed by atoms with Gasteiger partial charge in [-0.15, -0.1) is 0 Å². The van der Waals surface area contributed by atoms with E-state index in [0.717, 1.165) is 12.0 Å². The summed E-state index contributed by atoms with van der Waals surface area (Å²) in [6, 6.07) is 12.2. The number of aromatic nitrogens is 2. The van der Waals surface area contributed by atoms with Crippen molar-refractivity contribution >= 4 is 32.7 Å². The first kappa shape index (κ1) is 23.1. The molecule has 0 bridgehead atoms. The Labute approximate surface area is 193 Å². The zero-order chi connectivity index (χ0) is 23.8. The van der Waals surface area contributed by atoms with Gasteiger partial charge in [0.1, 0.15) is 0 Å². The zero-order valence-electron chi connectivity index (χ0n) is 19.1. The number of imidazole rings is 1. The average molecular weight is 472 g/mol. The molecular formula is C24H29N3O5S. The second kappa shape index (κ2) is 9.05. The smallest absolute Gasteiger partial charge is 0.326 e. The normalized spacial score (nSPS) is 16.5. The molecule has 1 aromatic heterocycles. The van der Waals surface area contributed by atoms with E-state index in [4.69, 9.17) is 4.74 Å². The third kappa shape index (κ3) is 4.55. The van der Waals surface area contributed by atoms with Gasteiger partial charge in [0, 0.05) is 13.1 Å². The molecule has 176 valence electrons. The SMILES string of the molecule is CCc1ccc(N(CC(C)C)S(=O)(=O)c2ccc3c(c2)[nH]c(=O)n3CC2CCOC2=O)cc1. The van der Waals surface area contributed by atoms with Crippen LogP contribution in [-0.2, 0) is 32.5 Å². The zero-order valence-corrected chi connectivity index (χ0v) is 19.9. The summed E-state index contributed by atoms with van der Waals surface area (Å²) in [6.45, 7) is 6.87. The van der Waals surface area contributed by atoms with Gasteiger partial charge in [-0.1, -0.05) is 32.9 Å². The van der Waals surface area contributed by atoms with Crippen LogP contribution in [0.5, 0.6) is 0 Å². The molecule has 1 aliphatic heterocycles. The second-order valence-corrected chi connectivity index (χ2v) is 10.7. The second-order valence-electron chi connectivity index (χ2n) is 8.82. The molecule has 0 radical (unpaired) electrons. The molecule has 0 saturated carbocycles. The number of nitrogens with zero attached hydrogens (tertiary/aromatic N) is 2. The standard InChI is InChI=1S/C24H29N3O5S/c1-4-17-5-7-19(8-6-17)27(14-16(2)3)33(30,31)20-9-10-22-21(13-20)25-24(29)26(22)15-18-11-12-32-23(18)28/h5-10,13,16,18H,4,11-12,14-15H2,1-3H3,(H,25,29). The van der Waals surface area contributed by atoms with Crippen LogP contribution in [0, 0.1) is 11.8 Å². The molecular weight excluding hydrogens is 442 g/mol. The van der Waals surface area contributed by atoms with Gasteiger partial charge in [0.2, 0.25) is 0 Å². The fourth-order valence-corrected chi connectivity index (χ4v) is 5.76. The summed E-state index contributed by atoms with van der Waals surface area (Å²) in [6.07, 6.45) is 1.43. The van der Waals surface area contributed by atoms with E-state index in [1.165, 1.54) is 21.0 Å². The Morgan fingerprint density at radius 1 is 1.15 bits per heavy atom. The van der Waals surface area contributed by atoms with Gasteiger partial charge < -0.3 is 9.72 Å². The Balaban J connectivity index is 1.72. The summed E-state index contributed by atoms with van der Waals surface area (Å²) in [5, 5.41) is 0. The summed E-state index contributed by atoms with van der Waals surface area (Å²) in [5.74, 6) is -0.576. The van der Waals surface area contributed by atoms with Crippen molar-refractivity contribution < 1.29 is 17.9 Å². The highest BCUT2D eigenvalue weighted by molar-refractivity contribution is 7.92. The molecule has 1 aliphatic rings. The lowest BCUT2D eigenvalue weighted by Gasteiger charge is -2.26. The summed E-state index contributed by atoms with van der Waals surface area (Å²) < 4.78 is 35.2. The Morgan fingerprint density at radius 2 is 1.88 bits per heavy atom. The van der Waals surface area contributed by atoms with E-state index in [9.17, 15) is 18.0 Å². The van der Waals surface area contributed by atoms with E-state index in [2.05, 4.69) is 11.9 Å². The lowest BCUT2D eigenvalue weighted by atomic mass is 10.1. The van der Waals surface area contributed by atoms with E-state index < -0.39 is 10.0 Å². The molecule has 8 nitrogen and oxygen atoms in total. The van der Waals surface area contributed by atoms with Crippen molar-refractivity contribution in [1.29, 1.82) is 0 Å². The number of esters is 1. The molecule has 9 heteroatoms. The number of carbonyl (C=O) groups excluding carboxylic acids is 1. The Morgan fingerprint density at radius 3 is 2.48 bits per heavy atom. The number of nitrogens with one attached hydrogen (secondary N) is 1. The predicted molar refractivity (Wildman–Crippen MR) is 127 cm³/mol. The number of cyclic esters (lactones) is 1. The van der Waals surface area contributed by atoms with Gasteiger partial charge in [0.15, 0.2) is 0 Å². The van der Waals surface area contributed by atoms with Gasteiger partial charge in [0.05, 0.1) is 34.1 Å². The maximum atomic E-state index is 13.6. The molecule has 1 unspecified atom stereocenters. The van der Waals surface area contributed by atoms with Gasteiger partial charge in [-0.3, -0.25) is 13.7 Å². The molecule has 0 spiro atoms. The number of carbonyl (C=O) groups is 1. The van der Waals surface area contributed by atoms with Crippen LogP contribution in [0.25, 0.3) is 11.0 Å². The minimum atomic E-state index is -3.87. The molecule has 1 saturated heterocycles. The molecule has 4 rings (SSSR count). The van der Waals surface area contributed by atoms with Crippen molar-refractivity contribution in [2.75, 3.05) is 17.5 Å². The van der Waals surface area contributed by atoms with Crippen molar-refractivity contribution in [3.63, 3.8) is 0 Å². The number of fused-ring (bicyclic) bond motifs is 1. The number of rotatable bonds is 8. The lowest BCUT2D eigenvalue weighted by molar-refractivity contribution is -0.141. The van der Waals surface area contributed by atoms with Crippen LogP contribution in [0.15, 0.2) is 52.2 Å². The van der Waals surface area contributed by atoms with E-state index >= 15 is 0 Å². The number of hydrogen-bond acceptors (Lipinski definition) is 5. The van der Waals surface area contributed by atoms with Gasteiger partial charge >= 0.3 is 11.7 Å². The maximum Gasteiger partial charge on any atom is 0.326 e. The molecule has 2 aromatic carbocycles. The minimum Gasteiger partial charge on any atom is -0.465 e. The van der Waals surface area contributed by atoms with E-state index in [1.54, 1.807) is 6.07 Å². The van der Waals surface area contributed by atoms with Crippen molar-refractivity contribution in [3.8, 4) is 0 Å². The number of sulfonamides is 1. The van der Waals surface area contributed by atoms with Crippen LogP contribution in [0.1, 0.15) is 32.8 Å². The van der Waals surface area contributed by atoms with Crippen molar-refractivity contribution in [3.05, 3.63) is 58.5 Å². The monoisotopic (exact) mass is 471 g/mol. The largest absolute Gasteiger partial charge is 0.465 e. The fraction of sp³-hybridized carbons (Fsp3) is 0.417. The predicted octanol–water partition coefficient (Wildman–Crippen LogP) is 3.31. The summed E-state index contributed by atoms with van der Waals surface area (Å²) in [4.78, 5) is 27.2. The quantitative estimate of drug-likeness (QED) is 0.508. The van der Waals surface area contributed by atoms with Crippen LogP contribution < -0.4 is 9.99 Å². The maximum absolute atomic E-state index is 13.6. The van der Waals surface area contributed by atoms with Gasteiger partial charge in [-0.2, -0.15) is 0 Å². The van der Waals surface area contributed by atoms with Crippen molar-refractivity contribution in [1.82, 2.24) is 9.55 Å². The highest BCUT2D eigenvalue weighted by Gasteiger charge is 2.29. The number of hydrogen-bond donors (Lipinski definition) is 1. The van der Waals surface area contributed by atoms with Gasteiger partial charge in [-0.25, -0.2) is 13.2 Å². The Hall–Kier alpha value is -3.07. The van der Waals surface area contributed by atoms with Crippen LogP contribution in [0.4, 0.5) is 5.69 Å². The van der Waals surface area contributed by atoms with Gasteiger partial charge in [0.25, 0.3) is 10.0 Å². The van der Waals surface area contributed by atoms with E-state index in [-0.39, 0.29) is 34.9 Å². The Kier molecular flexibility index (Phi) is 6.34. The van der Waals surface area contributed by atoms with Crippen LogP contribution >= 0.6 is 0 Å². The number of benzene rings is 2. The summed E-state index contributed by atoms with van der Waals surface area (Å²) in [7, 11) is -3.87. The Bertz CT molecular complexity index is 1320. The first-order valence-corrected chi connectivity index (χ1v) is 12.7. The minimum absolute atomic E-state index is 0.101. The van der Waals surface area contributed by atoms with E-state index in [0.29, 0.717) is 36.3 Å². The number of aromatic amines is 1. The highest BCUT2D eigenvalue weighted by Crippen LogP contribution is 2.27. The molecule has 3 aromatic rings. The molecule has 1 fully saturated rings. The topological polar surface area (TPSA) is 101 Å². The molecule has 2 heterocycles. The number of H-pyrrole nitrogens is 1. The lowest BCUT2D eigenvalue weighted by Crippen LogP contribution is -2.34. The van der Waals surface area contributed by atoms with Crippen molar-refractivity contribution in [2.24, 2.45) is 11.8 Å². The summed E-state index contributed by atoms with van der Waals surface area (Å²) >= 11 is 0. The third-order valence-corrected chi connectivity index (χ3v) is 7.73. The molecule has 0 amide bonds. The van der Waals surface area contributed by atoms with Crippen LogP contribution in [0.2, 0.25) is 0 Å². The molecule has 33 heavy (non-hydrogen) atoms. The molecule has 1 N–H and O–H groups in total. The first-order valence-electron chi connectivity index (χ1n) is 11.2. The number of ether oxygens (including phenoxy) is 1. The average Bonchev–Trinajstić information content (AvgIpc) is 3.34.